The third-order valence-electron chi connectivity index (χ3n) is 1.29. The molecule has 1 radical (unpaired) electrons. The van der Waals surface area contributed by atoms with Crippen molar-refractivity contribution in [2.24, 2.45) is 0 Å². The van der Waals surface area contributed by atoms with Crippen LogP contribution in [0.3, 0.4) is 0 Å². The highest BCUT2D eigenvalue weighted by atomic mass is 32.2. The van der Waals surface area contributed by atoms with Gasteiger partial charge in [0.25, 0.3) is 0 Å². The van der Waals surface area contributed by atoms with Gasteiger partial charge in [-0.3, -0.25) is 0 Å². The maximum atomic E-state index is 11.3. The summed E-state index contributed by atoms with van der Waals surface area (Å²) in [6.45, 7) is 0.264. The second kappa shape index (κ2) is 2.71. The minimum Gasteiger partial charge on any atom is -0.371 e. The van der Waals surface area contributed by atoms with E-state index in [0.717, 1.165) is 8.61 Å². The molecule has 1 heterocycles. The van der Waals surface area contributed by atoms with Crippen LogP contribution in [-0.4, -0.2) is 37.8 Å². The molecule has 0 aromatic heterocycles. The SMILES string of the molecule is CN(C)S(=O)(=O)N1[C]=CNC1. The van der Waals surface area contributed by atoms with Gasteiger partial charge in [0.05, 0.1) is 6.20 Å². The van der Waals surface area contributed by atoms with Crippen molar-refractivity contribution >= 4 is 10.2 Å². The molecule has 0 atom stereocenters. The summed E-state index contributed by atoms with van der Waals surface area (Å²) in [5.41, 5.74) is 0. The zero-order chi connectivity index (χ0) is 8.48. The van der Waals surface area contributed by atoms with Gasteiger partial charge in [-0.05, 0) is 0 Å². The van der Waals surface area contributed by atoms with Crippen LogP contribution in [0.4, 0.5) is 0 Å². The monoisotopic (exact) mass is 176 g/mol. The molecule has 0 saturated carbocycles. The Labute approximate surface area is 66.5 Å². The molecule has 6 heteroatoms. The minimum absolute atomic E-state index is 0.264. The van der Waals surface area contributed by atoms with Crippen molar-refractivity contribution in [3.8, 4) is 0 Å². The van der Waals surface area contributed by atoms with E-state index in [1.165, 1.54) is 20.3 Å². The molecule has 0 saturated heterocycles. The summed E-state index contributed by atoms with van der Waals surface area (Å²) in [4.78, 5) is 0. The lowest BCUT2D eigenvalue weighted by molar-refractivity contribution is 0.438. The molecule has 1 aliphatic heterocycles. The third-order valence-corrected chi connectivity index (χ3v) is 3.00. The fourth-order valence-electron chi connectivity index (χ4n) is 0.637. The molecule has 0 unspecified atom stereocenters. The van der Waals surface area contributed by atoms with Gasteiger partial charge in [0.1, 0.15) is 6.67 Å². The smallest absolute Gasteiger partial charge is 0.305 e. The summed E-state index contributed by atoms with van der Waals surface area (Å²) in [6, 6.07) is 0. The van der Waals surface area contributed by atoms with Crippen LogP contribution in [0, 0.1) is 6.20 Å². The predicted octanol–water partition coefficient (Wildman–Crippen LogP) is -1.07. The van der Waals surface area contributed by atoms with Crippen molar-refractivity contribution < 1.29 is 8.42 Å². The van der Waals surface area contributed by atoms with Crippen LogP contribution < -0.4 is 5.32 Å². The summed E-state index contributed by atoms with van der Waals surface area (Å²) >= 11 is 0. The summed E-state index contributed by atoms with van der Waals surface area (Å²) in [7, 11) is -0.352. The van der Waals surface area contributed by atoms with Crippen LogP contribution in [0.1, 0.15) is 0 Å². The van der Waals surface area contributed by atoms with Crippen LogP contribution >= 0.6 is 0 Å². The lowest BCUT2D eigenvalue weighted by atomic mass is 11.0. The Morgan fingerprint density at radius 1 is 1.64 bits per heavy atom. The predicted molar refractivity (Wildman–Crippen MR) is 40.3 cm³/mol. The van der Waals surface area contributed by atoms with Crippen molar-refractivity contribution in [2.45, 2.75) is 0 Å². The summed E-state index contributed by atoms with van der Waals surface area (Å²) < 4.78 is 24.8. The molecule has 5 nitrogen and oxygen atoms in total. The standard InChI is InChI=1S/C5H10N3O2S/c1-7(2)11(9,10)8-4-3-6-5-8/h3,6H,5H2,1-2H3. The van der Waals surface area contributed by atoms with Crippen molar-refractivity contribution in [2.75, 3.05) is 20.8 Å². The van der Waals surface area contributed by atoms with E-state index >= 15 is 0 Å². The normalized spacial score (nSPS) is 17.5. The molecular formula is C5H10N3O2S. The molecule has 0 amide bonds. The Bertz CT molecular complexity index is 257. The highest BCUT2D eigenvalue weighted by molar-refractivity contribution is 7.86. The van der Waals surface area contributed by atoms with Crippen LogP contribution in [0.5, 0.6) is 0 Å². The van der Waals surface area contributed by atoms with E-state index < -0.39 is 10.2 Å². The van der Waals surface area contributed by atoms with Gasteiger partial charge in [0.2, 0.25) is 0 Å². The second-order valence-electron chi connectivity index (χ2n) is 2.27. The lowest BCUT2D eigenvalue weighted by Crippen LogP contribution is -2.37. The highest BCUT2D eigenvalue weighted by Crippen LogP contribution is 2.05. The Balaban J connectivity index is 2.81. The topological polar surface area (TPSA) is 52.7 Å². The molecule has 0 fully saturated rings. The molecule has 63 valence electrons. The molecule has 1 rings (SSSR count). The fraction of sp³-hybridized carbons (Fsp3) is 0.600. The van der Waals surface area contributed by atoms with Crippen LogP contribution in [0.2, 0.25) is 0 Å². The average Bonchev–Trinajstić information content (AvgIpc) is 2.37. The van der Waals surface area contributed by atoms with Gasteiger partial charge < -0.3 is 5.32 Å². The molecule has 0 bridgehead atoms. The summed E-state index contributed by atoms with van der Waals surface area (Å²) in [5.74, 6) is 0. The molecule has 0 aromatic carbocycles. The Morgan fingerprint density at radius 2 is 2.27 bits per heavy atom. The van der Waals surface area contributed by atoms with Gasteiger partial charge >= 0.3 is 10.2 Å². The zero-order valence-corrected chi connectivity index (χ0v) is 7.22. The van der Waals surface area contributed by atoms with Gasteiger partial charge in [-0.25, -0.2) is 4.31 Å². The summed E-state index contributed by atoms with van der Waals surface area (Å²) in [6.07, 6.45) is 4.02. The highest BCUT2D eigenvalue weighted by Gasteiger charge is 2.22. The van der Waals surface area contributed by atoms with E-state index in [2.05, 4.69) is 11.5 Å². The quantitative estimate of drug-likeness (QED) is 0.583. The lowest BCUT2D eigenvalue weighted by Gasteiger charge is -2.18. The molecular weight excluding hydrogens is 166 g/mol. The first-order chi connectivity index (χ1) is 5.05. The second-order valence-corrected chi connectivity index (χ2v) is 4.34. The molecule has 0 aliphatic carbocycles. The first kappa shape index (κ1) is 8.35. The molecule has 0 aromatic rings. The molecule has 1 aliphatic rings. The molecule has 0 spiro atoms. The van der Waals surface area contributed by atoms with Gasteiger partial charge in [-0.15, -0.1) is 0 Å². The van der Waals surface area contributed by atoms with E-state index in [4.69, 9.17) is 0 Å². The number of nitrogens with one attached hydrogen (secondary N) is 1. The van der Waals surface area contributed by atoms with Gasteiger partial charge in [0.15, 0.2) is 0 Å². The van der Waals surface area contributed by atoms with E-state index in [0.29, 0.717) is 0 Å². The Hall–Kier alpha value is -0.750. The van der Waals surface area contributed by atoms with E-state index in [1.807, 2.05) is 0 Å². The fourth-order valence-corrected chi connectivity index (χ4v) is 1.45. The number of nitrogens with zero attached hydrogens (tertiary/aromatic N) is 2. The Kier molecular flexibility index (Phi) is 2.05. The number of hydrogen-bond donors (Lipinski definition) is 1. The number of hydrogen-bond acceptors (Lipinski definition) is 3. The van der Waals surface area contributed by atoms with Gasteiger partial charge in [-0.1, -0.05) is 0 Å². The maximum absolute atomic E-state index is 11.3. The van der Waals surface area contributed by atoms with Crippen LogP contribution in [-0.2, 0) is 10.2 Å². The third kappa shape index (κ3) is 1.46. The molecule has 11 heavy (non-hydrogen) atoms. The van der Waals surface area contributed by atoms with Gasteiger partial charge in [0, 0.05) is 20.3 Å². The van der Waals surface area contributed by atoms with Crippen molar-refractivity contribution in [3.05, 3.63) is 12.4 Å². The number of rotatable bonds is 2. The zero-order valence-electron chi connectivity index (χ0n) is 6.40. The van der Waals surface area contributed by atoms with E-state index in [9.17, 15) is 8.42 Å². The van der Waals surface area contributed by atoms with Crippen LogP contribution in [0.15, 0.2) is 6.20 Å². The van der Waals surface area contributed by atoms with Crippen molar-refractivity contribution in [1.82, 2.24) is 13.9 Å². The van der Waals surface area contributed by atoms with Crippen molar-refractivity contribution in [1.29, 1.82) is 0 Å². The first-order valence-electron chi connectivity index (χ1n) is 3.06. The Morgan fingerprint density at radius 3 is 2.64 bits per heavy atom. The van der Waals surface area contributed by atoms with Crippen molar-refractivity contribution in [3.63, 3.8) is 0 Å². The summed E-state index contributed by atoms with van der Waals surface area (Å²) in [5, 5.41) is 2.72. The molecule has 1 N–H and O–H groups in total. The van der Waals surface area contributed by atoms with E-state index in [-0.39, 0.29) is 6.67 Å². The van der Waals surface area contributed by atoms with E-state index in [1.54, 1.807) is 0 Å². The average molecular weight is 176 g/mol. The van der Waals surface area contributed by atoms with Crippen LogP contribution in [0.25, 0.3) is 0 Å². The minimum atomic E-state index is -3.31. The first-order valence-corrected chi connectivity index (χ1v) is 4.46. The van der Waals surface area contributed by atoms with Gasteiger partial charge in [-0.2, -0.15) is 12.7 Å². The largest absolute Gasteiger partial charge is 0.371 e. The maximum Gasteiger partial charge on any atom is 0.305 e.